The maximum Gasteiger partial charge on any atom is 0.229 e. The van der Waals surface area contributed by atoms with Gasteiger partial charge in [-0.05, 0) is 12.8 Å². The van der Waals surface area contributed by atoms with Crippen molar-refractivity contribution < 1.29 is 14.4 Å². The Morgan fingerprint density at radius 1 is 1.53 bits per heavy atom. The van der Waals surface area contributed by atoms with E-state index in [2.05, 4.69) is 10.1 Å². The smallest absolute Gasteiger partial charge is 0.229 e. The minimum Gasteiger partial charge on any atom is -0.388 e. The largest absolute Gasteiger partial charge is 0.388 e. The van der Waals surface area contributed by atoms with E-state index in [1.807, 2.05) is 13.8 Å². The number of ether oxygens (including phenoxy) is 1. The molecule has 0 bridgehead atoms. The average molecular weight is 243 g/mol. The molecule has 0 aromatic carbocycles. The third-order valence-electron chi connectivity index (χ3n) is 2.57. The van der Waals surface area contributed by atoms with Crippen LogP contribution in [0, 0.1) is 5.92 Å². The van der Waals surface area contributed by atoms with Gasteiger partial charge in [-0.1, -0.05) is 19.0 Å². The topological polar surface area (TPSA) is 94.4 Å². The van der Waals surface area contributed by atoms with Gasteiger partial charge in [0.1, 0.15) is 6.10 Å². The zero-order valence-corrected chi connectivity index (χ0v) is 10.8. The van der Waals surface area contributed by atoms with E-state index in [1.165, 1.54) is 0 Å². The standard InChI is InChI=1S/C11H21N3O3/c1-7(2)9(16-4)10-13-8(17-14-10)5-11(3,15)6-12/h7,9,15H,5-6,12H2,1-4H3. The molecule has 1 aromatic heterocycles. The molecule has 2 unspecified atom stereocenters. The van der Waals surface area contributed by atoms with Gasteiger partial charge in [0.15, 0.2) is 0 Å². The van der Waals surface area contributed by atoms with Crippen molar-refractivity contribution in [3.05, 3.63) is 11.7 Å². The monoisotopic (exact) mass is 243 g/mol. The number of methoxy groups -OCH3 is 1. The molecule has 0 radical (unpaired) electrons. The second-order valence-electron chi connectivity index (χ2n) is 4.82. The highest BCUT2D eigenvalue weighted by atomic mass is 16.5. The van der Waals surface area contributed by atoms with Crippen molar-refractivity contribution in [2.45, 2.75) is 38.9 Å². The fraction of sp³-hybridized carbons (Fsp3) is 0.818. The van der Waals surface area contributed by atoms with Gasteiger partial charge in [0.05, 0.1) is 12.0 Å². The first-order valence-corrected chi connectivity index (χ1v) is 5.67. The van der Waals surface area contributed by atoms with Crippen molar-refractivity contribution in [1.29, 1.82) is 0 Å². The molecular formula is C11H21N3O3. The second kappa shape index (κ2) is 5.57. The minimum atomic E-state index is -1.02. The molecule has 0 spiro atoms. The van der Waals surface area contributed by atoms with Crippen molar-refractivity contribution in [1.82, 2.24) is 10.1 Å². The van der Waals surface area contributed by atoms with E-state index in [0.717, 1.165) is 0 Å². The molecule has 6 nitrogen and oxygen atoms in total. The number of rotatable bonds is 6. The van der Waals surface area contributed by atoms with E-state index in [1.54, 1.807) is 14.0 Å². The fourth-order valence-corrected chi connectivity index (χ4v) is 1.53. The first kappa shape index (κ1) is 14.1. The van der Waals surface area contributed by atoms with Crippen LogP contribution < -0.4 is 5.73 Å². The van der Waals surface area contributed by atoms with Crippen molar-refractivity contribution >= 4 is 0 Å². The maximum atomic E-state index is 9.81. The summed E-state index contributed by atoms with van der Waals surface area (Å²) in [6.07, 6.45) is 0.0423. The Morgan fingerprint density at radius 2 is 2.18 bits per heavy atom. The summed E-state index contributed by atoms with van der Waals surface area (Å²) >= 11 is 0. The first-order chi connectivity index (χ1) is 7.89. The van der Waals surface area contributed by atoms with Gasteiger partial charge in [0.25, 0.3) is 0 Å². The molecule has 3 N–H and O–H groups in total. The molecule has 0 aliphatic carbocycles. The Labute approximate surface area is 101 Å². The number of nitrogens with zero attached hydrogens (tertiary/aromatic N) is 2. The van der Waals surface area contributed by atoms with Crippen LogP contribution in [-0.2, 0) is 11.2 Å². The molecule has 0 amide bonds. The number of aromatic nitrogens is 2. The Kier molecular flexibility index (Phi) is 4.62. The van der Waals surface area contributed by atoms with Gasteiger partial charge < -0.3 is 20.1 Å². The lowest BCUT2D eigenvalue weighted by Crippen LogP contribution is -2.36. The molecule has 0 saturated carbocycles. The van der Waals surface area contributed by atoms with E-state index < -0.39 is 5.60 Å². The number of hydrogen-bond acceptors (Lipinski definition) is 6. The number of aliphatic hydroxyl groups is 1. The lowest BCUT2D eigenvalue weighted by molar-refractivity contribution is 0.0554. The van der Waals surface area contributed by atoms with Gasteiger partial charge in [0.2, 0.25) is 11.7 Å². The third kappa shape index (κ3) is 3.76. The van der Waals surface area contributed by atoms with Crippen LogP contribution in [0.4, 0.5) is 0 Å². The van der Waals surface area contributed by atoms with Crippen LogP contribution in [0.25, 0.3) is 0 Å². The van der Waals surface area contributed by atoms with Gasteiger partial charge in [0, 0.05) is 13.7 Å². The fourth-order valence-electron chi connectivity index (χ4n) is 1.53. The summed E-state index contributed by atoms with van der Waals surface area (Å²) in [5.74, 6) is 1.13. The predicted molar refractivity (Wildman–Crippen MR) is 62.3 cm³/mol. The normalized spacial score (nSPS) is 17.1. The molecule has 2 atom stereocenters. The highest BCUT2D eigenvalue weighted by Crippen LogP contribution is 2.23. The van der Waals surface area contributed by atoms with E-state index in [9.17, 15) is 5.11 Å². The summed E-state index contributed by atoms with van der Waals surface area (Å²) in [4.78, 5) is 4.22. The van der Waals surface area contributed by atoms with Gasteiger partial charge in [-0.15, -0.1) is 0 Å². The second-order valence-corrected chi connectivity index (χ2v) is 4.82. The van der Waals surface area contributed by atoms with E-state index >= 15 is 0 Å². The first-order valence-electron chi connectivity index (χ1n) is 5.67. The molecule has 6 heteroatoms. The summed E-state index contributed by atoms with van der Waals surface area (Å²) < 4.78 is 10.4. The van der Waals surface area contributed by atoms with Crippen molar-refractivity contribution in [2.24, 2.45) is 11.7 Å². The molecule has 1 aromatic rings. The van der Waals surface area contributed by atoms with Crippen molar-refractivity contribution in [3.8, 4) is 0 Å². The molecule has 17 heavy (non-hydrogen) atoms. The Bertz CT molecular complexity index is 349. The number of hydrogen-bond donors (Lipinski definition) is 2. The average Bonchev–Trinajstić information content (AvgIpc) is 2.66. The molecule has 98 valence electrons. The van der Waals surface area contributed by atoms with Crippen LogP contribution in [0.15, 0.2) is 4.52 Å². The van der Waals surface area contributed by atoms with Gasteiger partial charge >= 0.3 is 0 Å². The molecular weight excluding hydrogens is 222 g/mol. The van der Waals surface area contributed by atoms with E-state index in [-0.39, 0.29) is 25.0 Å². The Hall–Kier alpha value is -0.980. The quantitative estimate of drug-likeness (QED) is 0.762. The lowest BCUT2D eigenvalue weighted by atomic mass is 10.0. The minimum absolute atomic E-state index is 0.141. The zero-order valence-electron chi connectivity index (χ0n) is 10.8. The lowest BCUT2D eigenvalue weighted by Gasteiger charge is -2.18. The van der Waals surface area contributed by atoms with Crippen LogP contribution in [0.2, 0.25) is 0 Å². The SMILES string of the molecule is COC(c1noc(CC(C)(O)CN)n1)C(C)C. The molecule has 0 aliphatic heterocycles. The Balaban J connectivity index is 2.77. The van der Waals surface area contributed by atoms with E-state index in [4.69, 9.17) is 15.0 Å². The van der Waals surface area contributed by atoms with Gasteiger partial charge in [-0.3, -0.25) is 0 Å². The Morgan fingerprint density at radius 3 is 2.65 bits per heavy atom. The van der Waals surface area contributed by atoms with Crippen LogP contribution in [-0.4, -0.2) is 34.5 Å². The predicted octanol–water partition coefficient (Wildman–Crippen LogP) is 0.665. The van der Waals surface area contributed by atoms with Gasteiger partial charge in [-0.2, -0.15) is 4.98 Å². The zero-order chi connectivity index (χ0) is 13.1. The highest BCUT2D eigenvalue weighted by molar-refractivity contribution is 4.96. The van der Waals surface area contributed by atoms with Crippen LogP contribution >= 0.6 is 0 Å². The molecule has 0 aliphatic rings. The summed E-state index contributed by atoms with van der Waals surface area (Å²) in [7, 11) is 1.61. The summed E-state index contributed by atoms with van der Waals surface area (Å²) in [5.41, 5.74) is 4.41. The van der Waals surface area contributed by atoms with Crippen LogP contribution in [0.3, 0.4) is 0 Å². The van der Waals surface area contributed by atoms with Crippen LogP contribution in [0.1, 0.15) is 38.6 Å². The molecule has 1 heterocycles. The summed E-state index contributed by atoms with van der Waals surface area (Å²) in [5, 5.41) is 13.7. The van der Waals surface area contributed by atoms with E-state index in [0.29, 0.717) is 11.7 Å². The molecule has 0 saturated heterocycles. The summed E-state index contributed by atoms with van der Waals surface area (Å²) in [6.45, 7) is 5.80. The van der Waals surface area contributed by atoms with Crippen molar-refractivity contribution in [2.75, 3.05) is 13.7 Å². The maximum absolute atomic E-state index is 9.81. The number of nitrogens with two attached hydrogens (primary N) is 1. The van der Waals surface area contributed by atoms with Crippen molar-refractivity contribution in [3.63, 3.8) is 0 Å². The highest BCUT2D eigenvalue weighted by Gasteiger charge is 2.25. The van der Waals surface area contributed by atoms with Gasteiger partial charge in [-0.25, -0.2) is 0 Å². The third-order valence-corrected chi connectivity index (χ3v) is 2.57. The molecule has 1 rings (SSSR count). The summed E-state index contributed by atoms with van der Waals surface area (Å²) in [6, 6.07) is 0. The molecule has 0 fully saturated rings. The van der Waals surface area contributed by atoms with Crippen LogP contribution in [0.5, 0.6) is 0 Å².